The Morgan fingerprint density at radius 3 is 2.36 bits per heavy atom. The molecule has 0 bridgehead atoms. The Hall–Kier alpha value is -4.24. The summed E-state index contributed by atoms with van der Waals surface area (Å²) in [6.07, 6.45) is 0. The second-order valence-electron chi connectivity index (χ2n) is 10.2. The summed E-state index contributed by atoms with van der Waals surface area (Å²) in [6.45, 7) is 6.04. The van der Waals surface area contributed by atoms with Gasteiger partial charge >= 0.3 is 5.91 Å². The van der Waals surface area contributed by atoms with Crippen molar-refractivity contribution in [2.24, 2.45) is 0 Å². The Balaban J connectivity index is 1.73. The molecule has 1 amide bonds. The molecular formula is C30H27FN2O5S. The summed E-state index contributed by atoms with van der Waals surface area (Å²) >= 11 is 1.10. The number of Topliss-reactive ketones (excluding diaryl/α,β-unsaturated/α-hetero) is 1. The molecule has 2 heterocycles. The van der Waals surface area contributed by atoms with Crippen molar-refractivity contribution in [1.82, 2.24) is 4.98 Å². The van der Waals surface area contributed by atoms with Crippen LogP contribution < -0.4 is 14.4 Å². The lowest BCUT2D eigenvalue weighted by Crippen LogP contribution is -2.29. The van der Waals surface area contributed by atoms with E-state index in [0.717, 1.165) is 16.9 Å². The number of nitrogens with zero attached hydrogens (tertiary/aromatic N) is 2. The zero-order chi connectivity index (χ0) is 28.1. The van der Waals surface area contributed by atoms with Gasteiger partial charge in [0, 0.05) is 11.1 Å². The average Bonchev–Trinajstić information content (AvgIpc) is 3.44. The number of thiazole rings is 1. The van der Waals surface area contributed by atoms with Crippen LogP contribution in [0.3, 0.4) is 0 Å². The van der Waals surface area contributed by atoms with E-state index in [2.05, 4.69) is 4.98 Å². The minimum atomic E-state index is -0.971. The number of ether oxygens (including phenoxy) is 2. The first-order valence-electron chi connectivity index (χ1n) is 12.2. The number of carbonyl (C=O) groups excluding carboxylic acids is 2. The summed E-state index contributed by atoms with van der Waals surface area (Å²) in [5.74, 6) is -1.17. The summed E-state index contributed by atoms with van der Waals surface area (Å²) in [5.41, 5.74) is 1.89. The summed E-state index contributed by atoms with van der Waals surface area (Å²) in [4.78, 5) is 32.8. The van der Waals surface area contributed by atoms with Crippen LogP contribution in [-0.4, -0.2) is 36.0 Å². The maximum absolute atomic E-state index is 13.9. The van der Waals surface area contributed by atoms with Crippen molar-refractivity contribution in [3.63, 3.8) is 0 Å². The molecule has 1 aromatic heterocycles. The molecule has 1 fully saturated rings. The number of carbonyl (C=O) groups is 2. The summed E-state index contributed by atoms with van der Waals surface area (Å²) in [7, 11) is 3.11. The monoisotopic (exact) mass is 546 g/mol. The SMILES string of the molecule is COc1ccc(C2/C(=C(\O)c3ccc(OC)c(C(C)(C)C)c3)C(=O)C(=O)N2c2nc3ccc(F)cc3s2)cc1. The van der Waals surface area contributed by atoms with Crippen LogP contribution in [0.25, 0.3) is 16.0 Å². The molecule has 4 aromatic rings. The molecule has 1 N–H and O–H groups in total. The Morgan fingerprint density at radius 2 is 1.72 bits per heavy atom. The van der Waals surface area contributed by atoms with Crippen molar-refractivity contribution in [2.45, 2.75) is 32.2 Å². The first-order valence-corrected chi connectivity index (χ1v) is 13.0. The number of aliphatic hydroxyl groups is 1. The summed E-state index contributed by atoms with van der Waals surface area (Å²) in [6, 6.07) is 15.2. The largest absolute Gasteiger partial charge is 0.507 e. The van der Waals surface area contributed by atoms with Gasteiger partial charge in [-0.25, -0.2) is 9.37 Å². The van der Waals surface area contributed by atoms with E-state index in [9.17, 15) is 19.1 Å². The summed E-state index contributed by atoms with van der Waals surface area (Å²) in [5, 5.41) is 11.8. The van der Waals surface area contributed by atoms with E-state index in [1.165, 1.54) is 30.2 Å². The molecule has 0 spiro atoms. The van der Waals surface area contributed by atoms with Crippen LogP contribution in [0.15, 0.2) is 66.2 Å². The highest BCUT2D eigenvalue weighted by Gasteiger charge is 2.48. The zero-order valence-electron chi connectivity index (χ0n) is 22.1. The van der Waals surface area contributed by atoms with Gasteiger partial charge in [0.1, 0.15) is 23.1 Å². The first kappa shape index (κ1) is 26.4. The van der Waals surface area contributed by atoms with Crippen molar-refractivity contribution in [3.8, 4) is 11.5 Å². The van der Waals surface area contributed by atoms with Crippen molar-refractivity contribution >= 4 is 44.1 Å². The van der Waals surface area contributed by atoms with Crippen LogP contribution in [0.2, 0.25) is 0 Å². The van der Waals surface area contributed by atoms with Gasteiger partial charge in [0.25, 0.3) is 5.78 Å². The third-order valence-electron chi connectivity index (χ3n) is 6.70. The van der Waals surface area contributed by atoms with Crippen molar-refractivity contribution in [3.05, 3.63) is 88.7 Å². The molecule has 0 saturated carbocycles. The Bertz CT molecular complexity index is 1640. The molecule has 5 rings (SSSR count). The number of aliphatic hydroxyl groups excluding tert-OH is 1. The molecular weight excluding hydrogens is 519 g/mol. The molecule has 7 nitrogen and oxygen atoms in total. The number of hydrogen-bond donors (Lipinski definition) is 1. The number of amides is 1. The lowest BCUT2D eigenvalue weighted by atomic mass is 9.84. The van der Waals surface area contributed by atoms with Crippen LogP contribution in [0.4, 0.5) is 9.52 Å². The fourth-order valence-electron chi connectivity index (χ4n) is 4.72. The number of hydrogen-bond acceptors (Lipinski definition) is 7. The van der Waals surface area contributed by atoms with Crippen LogP contribution in [0.5, 0.6) is 11.5 Å². The Labute approximate surface area is 229 Å². The predicted octanol–water partition coefficient (Wildman–Crippen LogP) is 6.38. The van der Waals surface area contributed by atoms with Crippen molar-refractivity contribution < 1.29 is 28.6 Å². The number of aromatic nitrogens is 1. The number of benzene rings is 3. The van der Waals surface area contributed by atoms with Crippen molar-refractivity contribution in [1.29, 1.82) is 0 Å². The predicted molar refractivity (Wildman–Crippen MR) is 149 cm³/mol. The molecule has 1 saturated heterocycles. The maximum atomic E-state index is 13.9. The molecule has 1 aliphatic heterocycles. The van der Waals surface area contributed by atoms with Gasteiger partial charge < -0.3 is 14.6 Å². The van der Waals surface area contributed by atoms with E-state index in [-0.39, 0.29) is 21.9 Å². The number of ketones is 1. The Morgan fingerprint density at radius 1 is 1.00 bits per heavy atom. The minimum absolute atomic E-state index is 0.0689. The first-order chi connectivity index (χ1) is 18.5. The highest BCUT2D eigenvalue weighted by atomic mass is 32.1. The van der Waals surface area contributed by atoms with Crippen LogP contribution >= 0.6 is 11.3 Å². The van der Waals surface area contributed by atoms with E-state index >= 15 is 0 Å². The molecule has 1 aliphatic rings. The second kappa shape index (κ2) is 9.81. The van der Waals surface area contributed by atoms with Crippen LogP contribution in [0, 0.1) is 5.82 Å². The van der Waals surface area contributed by atoms with E-state index in [1.807, 2.05) is 20.8 Å². The molecule has 0 aliphatic carbocycles. The third-order valence-corrected chi connectivity index (χ3v) is 7.72. The summed E-state index contributed by atoms with van der Waals surface area (Å²) < 4.78 is 25.2. The van der Waals surface area contributed by atoms with Gasteiger partial charge in [0.2, 0.25) is 0 Å². The van der Waals surface area contributed by atoms with Gasteiger partial charge in [-0.3, -0.25) is 14.5 Å². The van der Waals surface area contributed by atoms with E-state index in [1.54, 1.807) is 49.6 Å². The van der Waals surface area contributed by atoms with Gasteiger partial charge in [0.15, 0.2) is 5.13 Å². The molecule has 0 radical (unpaired) electrons. The smallest absolute Gasteiger partial charge is 0.301 e. The van der Waals surface area contributed by atoms with Gasteiger partial charge in [0.05, 0.1) is 36.1 Å². The standard InChI is InChI=1S/C30H27FN2O5S/c1-30(2,3)20-14-17(8-13-22(20)38-5)26(34)24-25(16-6-10-19(37-4)11-7-16)33(28(36)27(24)35)29-32-21-12-9-18(31)15-23(21)39-29/h6-15,25,34H,1-5H3/b26-24+. The molecule has 200 valence electrons. The zero-order valence-corrected chi connectivity index (χ0v) is 22.9. The van der Waals surface area contributed by atoms with Gasteiger partial charge in [-0.2, -0.15) is 0 Å². The van der Waals surface area contributed by atoms with Gasteiger partial charge in [-0.15, -0.1) is 0 Å². The molecule has 1 atom stereocenters. The third kappa shape index (κ3) is 4.63. The average molecular weight is 547 g/mol. The molecule has 1 unspecified atom stereocenters. The fourth-order valence-corrected chi connectivity index (χ4v) is 5.73. The maximum Gasteiger partial charge on any atom is 0.301 e. The van der Waals surface area contributed by atoms with E-state index < -0.39 is 23.5 Å². The lowest BCUT2D eigenvalue weighted by molar-refractivity contribution is -0.132. The molecule has 3 aromatic carbocycles. The van der Waals surface area contributed by atoms with Crippen LogP contribution in [-0.2, 0) is 15.0 Å². The minimum Gasteiger partial charge on any atom is -0.507 e. The second-order valence-corrected chi connectivity index (χ2v) is 11.2. The lowest BCUT2D eigenvalue weighted by Gasteiger charge is -2.24. The van der Waals surface area contributed by atoms with Crippen LogP contribution in [0.1, 0.15) is 43.5 Å². The quantitative estimate of drug-likeness (QED) is 0.178. The van der Waals surface area contributed by atoms with E-state index in [0.29, 0.717) is 32.8 Å². The topological polar surface area (TPSA) is 89.0 Å². The number of anilines is 1. The van der Waals surface area contributed by atoms with Gasteiger partial charge in [-0.1, -0.05) is 44.2 Å². The highest BCUT2D eigenvalue weighted by Crippen LogP contribution is 2.45. The molecule has 9 heteroatoms. The Kier molecular flexibility index (Phi) is 6.64. The number of rotatable bonds is 5. The van der Waals surface area contributed by atoms with Crippen molar-refractivity contribution in [2.75, 3.05) is 19.1 Å². The number of halogens is 1. The van der Waals surface area contributed by atoms with Gasteiger partial charge in [-0.05, 0) is 59.5 Å². The highest BCUT2D eigenvalue weighted by molar-refractivity contribution is 7.22. The number of fused-ring (bicyclic) bond motifs is 1. The van der Waals surface area contributed by atoms with E-state index in [4.69, 9.17) is 9.47 Å². The number of methoxy groups -OCH3 is 2. The fraction of sp³-hybridized carbons (Fsp3) is 0.233. The normalized spacial score (nSPS) is 17.2. The molecule has 39 heavy (non-hydrogen) atoms.